The summed E-state index contributed by atoms with van der Waals surface area (Å²) >= 11 is 0. The molecule has 5 heteroatoms. The molecule has 0 amide bonds. The largest absolute Gasteiger partial charge is 0.479 e. The lowest BCUT2D eigenvalue weighted by Gasteiger charge is -2.20. The molecule has 0 fully saturated rings. The molecule has 14 heavy (non-hydrogen) atoms. The van der Waals surface area contributed by atoms with E-state index in [0.29, 0.717) is 0 Å². The predicted molar refractivity (Wildman–Crippen MR) is 48.7 cm³/mol. The normalized spacial score (nSPS) is 14.5. The maximum atomic E-state index is 10.9. The van der Waals surface area contributed by atoms with Gasteiger partial charge in [0, 0.05) is 6.42 Å². The van der Waals surface area contributed by atoms with Crippen molar-refractivity contribution in [1.82, 2.24) is 0 Å². The van der Waals surface area contributed by atoms with Gasteiger partial charge in [-0.2, -0.15) is 0 Å². The van der Waals surface area contributed by atoms with Crippen LogP contribution in [0.1, 0.15) is 33.1 Å². The molecule has 0 aliphatic carbocycles. The van der Waals surface area contributed by atoms with Crippen LogP contribution in [-0.2, 0) is 14.3 Å². The molecule has 0 aromatic heterocycles. The summed E-state index contributed by atoms with van der Waals surface area (Å²) in [6.07, 6.45) is -0.121. The number of hydrogen-bond donors (Lipinski definition) is 2. The Morgan fingerprint density at radius 3 is 2.29 bits per heavy atom. The topological polar surface area (TPSA) is 83.8 Å². The third-order valence-electron chi connectivity index (χ3n) is 2.03. The zero-order valence-corrected chi connectivity index (χ0v) is 8.45. The maximum Gasteiger partial charge on any atom is 0.335 e. The van der Waals surface area contributed by atoms with Crippen LogP contribution in [0, 0.1) is 0 Å². The minimum absolute atomic E-state index is 0.0712. The van der Waals surface area contributed by atoms with Crippen molar-refractivity contribution >= 4 is 11.9 Å². The average Bonchev–Trinajstić information content (AvgIpc) is 2.14. The highest BCUT2D eigenvalue weighted by Crippen LogP contribution is 2.17. The zero-order valence-electron chi connectivity index (χ0n) is 8.45. The van der Waals surface area contributed by atoms with E-state index >= 15 is 0 Å². The van der Waals surface area contributed by atoms with E-state index in [2.05, 4.69) is 4.74 Å². The van der Waals surface area contributed by atoms with Gasteiger partial charge in [0.1, 0.15) is 0 Å². The van der Waals surface area contributed by atoms with E-state index in [1.54, 1.807) is 13.8 Å². The van der Waals surface area contributed by atoms with Gasteiger partial charge in [-0.05, 0) is 19.8 Å². The molecule has 82 valence electrons. The van der Waals surface area contributed by atoms with Gasteiger partial charge in [-0.15, -0.1) is 0 Å². The second-order valence-electron chi connectivity index (χ2n) is 3.00. The number of carbonyl (C=O) groups excluding carboxylic acids is 1. The van der Waals surface area contributed by atoms with Gasteiger partial charge in [0.05, 0.1) is 6.61 Å². The summed E-state index contributed by atoms with van der Waals surface area (Å²) in [7, 11) is 0. The fourth-order valence-corrected chi connectivity index (χ4v) is 0.977. The minimum atomic E-state index is -1.81. The Kier molecular flexibility index (Phi) is 5.15. The van der Waals surface area contributed by atoms with Gasteiger partial charge >= 0.3 is 11.9 Å². The van der Waals surface area contributed by atoms with Gasteiger partial charge in [0.25, 0.3) is 0 Å². The Hall–Kier alpha value is -1.10. The summed E-state index contributed by atoms with van der Waals surface area (Å²) in [4.78, 5) is 21.5. The van der Waals surface area contributed by atoms with Crippen molar-refractivity contribution in [3.63, 3.8) is 0 Å². The summed E-state index contributed by atoms with van der Waals surface area (Å²) in [5.74, 6) is -1.79. The first kappa shape index (κ1) is 12.9. The first-order valence-electron chi connectivity index (χ1n) is 4.57. The van der Waals surface area contributed by atoms with E-state index in [1.807, 2.05) is 0 Å². The van der Waals surface area contributed by atoms with E-state index < -0.39 is 17.5 Å². The number of aliphatic carboxylic acids is 1. The first-order chi connectivity index (χ1) is 6.46. The van der Waals surface area contributed by atoms with Gasteiger partial charge in [-0.3, -0.25) is 4.79 Å². The molecule has 0 aliphatic rings. The summed E-state index contributed by atoms with van der Waals surface area (Å²) < 4.78 is 4.62. The van der Waals surface area contributed by atoms with Crippen LogP contribution in [0.2, 0.25) is 0 Å². The number of carboxylic acid groups (broad SMARTS) is 1. The Morgan fingerprint density at radius 1 is 1.36 bits per heavy atom. The van der Waals surface area contributed by atoms with Crippen LogP contribution in [0.15, 0.2) is 0 Å². The van der Waals surface area contributed by atoms with Gasteiger partial charge in [-0.1, -0.05) is 6.92 Å². The lowest BCUT2D eigenvalue weighted by atomic mass is 9.95. The van der Waals surface area contributed by atoms with Crippen molar-refractivity contribution in [2.45, 2.75) is 38.7 Å². The molecule has 0 bridgehead atoms. The van der Waals surface area contributed by atoms with Crippen LogP contribution in [0.3, 0.4) is 0 Å². The summed E-state index contributed by atoms with van der Waals surface area (Å²) in [5.41, 5.74) is -1.81. The number of esters is 1. The fraction of sp³-hybridized carbons (Fsp3) is 0.778. The quantitative estimate of drug-likeness (QED) is 0.617. The Morgan fingerprint density at radius 2 is 1.93 bits per heavy atom. The molecular formula is C9H16O5. The van der Waals surface area contributed by atoms with Gasteiger partial charge < -0.3 is 14.9 Å². The molecule has 0 heterocycles. The van der Waals surface area contributed by atoms with E-state index in [9.17, 15) is 14.7 Å². The molecule has 1 unspecified atom stereocenters. The average molecular weight is 204 g/mol. The van der Waals surface area contributed by atoms with Crippen LogP contribution in [0.5, 0.6) is 0 Å². The number of hydrogen-bond acceptors (Lipinski definition) is 4. The van der Waals surface area contributed by atoms with E-state index in [1.165, 1.54) is 0 Å². The van der Waals surface area contributed by atoms with Gasteiger partial charge in [-0.25, -0.2) is 4.79 Å². The highest BCUT2D eigenvalue weighted by atomic mass is 16.5. The molecule has 0 rings (SSSR count). The smallest absolute Gasteiger partial charge is 0.335 e. The predicted octanol–water partition coefficient (Wildman–Crippen LogP) is 0.555. The lowest BCUT2D eigenvalue weighted by molar-refractivity contribution is -0.161. The van der Waals surface area contributed by atoms with E-state index in [0.717, 1.165) is 0 Å². The second kappa shape index (κ2) is 5.59. The molecule has 0 aliphatic heterocycles. The lowest BCUT2D eigenvalue weighted by Crippen LogP contribution is -2.38. The molecular weight excluding hydrogens is 188 g/mol. The van der Waals surface area contributed by atoms with Crippen LogP contribution >= 0.6 is 0 Å². The van der Waals surface area contributed by atoms with E-state index in [4.69, 9.17) is 5.11 Å². The number of carbonyl (C=O) groups is 2. The van der Waals surface area contributed by atoms with Crippen LogP contribution in [0.4, 0.5) is 0 Å². The highest BCUT2D eigenvalue weighted by molar-refractivity contribution is 5.78. The minimum Gasteiger partial charge on any atom is -0.479 e. The van der Waals surface area contributed by atoms with Gasteiger partial charge in [0.15, 0.2) is 5.60 Å². The Balaban J connectivity index is 4.08. The van der Waals surface area contributed by atoms with E-state index in [-0.39, 0.29) is 25.9 Å². The van der Waals surface area contributed by atoms with Crippen molar-refractivity contribution in [2.24, 2.45) is 0 Å². The second-order valence-corrected chi connectivity index (χ2v) is 3.00. The number of rotatable bonds is 6. The van der Waals surface area contributed by atoms with Gasteiger partial charge in [0.2, 0.25) is 0 Å². The molecule has 0 saturated heterocycles. The zero-order chi connectivity index (χ0) is 11.2. The summed E-state index contributed by atoms with van der Waals surface area (Å²) in [5, 5.41) is 18.2. The molecule has 0 saturated carbocycles. The van der Waals surface area contributed by atoms with Crippen LogP contribution < -0.4 is 0 Å². The SMILES string of the molecule is CCOC(=O)CCC(O)(CC)C(=O)O. The maximum absolute atomic E-state index is 10.9. The number of ether oxygens (including phenoxy) is 1. The first-order valence-corrected chi connectivity index (χ1v) is 4.57. The van der Waals surface area contributed by atoms with Crippen molar-refractivity contribution in [2.75, 3.05) is 6.61 Å². The fourth-order valence-electron chi connectivity index (χ4n) is 0.977. The monoisotopic (exact) mass is 204 g/mol. The number of aliphatic hydroxyl groups is 1. The number of carboxylic acids is 1. The Bertz CT molecular complexity index is 213. The molecule has 0 radical (unpaired) electrons. The Labute approximate surface area is 82.7 Å². The molecule has 1 atom stereocenters. The summed E-state index contributed by atoms with van der Waals surface area (Å²) in [6, 6.07) is 0. The van der Waals surface area contributed by atoms with Crippen molar-refractivity contribution in [3.8, 4) is 0 Å². The molecule has 0 spiro atoms. The van der Waals surface area contributed by atoms with Crippen molar-refractivity contribution < 1.29 is 24.5 Å². The molecule has 2 N–H and O–H groups in total. The third-order valence-corrected chi connectivity index (χ3v) is 2.03. The molecule has 0 aromatic rings. The van der Waals surface area contributed by atoms with Crippen LogP contribution in [0.25, 0.3) is 0 Å². The molecule has 5 nitrogen and oxygen atoms in total. The van der Waals surface area contributed by atoms with Crippen molar-refractivity contribution in [3.05, 3.63) is 0 Å². The van der Waals surface area contributed by atoms with Crippen LogP contribution in [-0.4, -0.2) is 34.4 Å². The van der Waals surface area contributed by atoms with Crippen molar-refractivity contribution in [1.29, 1.82) is 0 Å². The standard InChI is InChI=1S/C9H16O5/c1-3-9(13,8(11)12)6-5-7(10)14-4-2/h13H,3-6H2,1-2H3,(H,11,12). The highest BCUT2D eigenvalue weighted by Gasteiger charge is 2.34. The molecule has 0 aromatic carbocycles. The third kappa shape index (κ3) is 3.74. The summed E-state index contributed by atoms with van der Waals surface area (Å²) in [6.45, 7) is 3.48.